The number of aliphatic hydroxyl groups is 1. The van der Waals surface area contributed by atoms with Crippen LogP contribution in [0, 0.1) is 6.92 Å². The lowest BCUT2D eigenvalue weighted by Crippen LogP contribution is -2.38. The summed E-state index contributed by atoms with van der Waals surface area (Å²) in [5, 5.41) is 10.7. The van der Waals surface area contributed by atoms with Crippen LogP contribution >= 0.6 is 0 Å². The Labute approximate surface area is 185 Å². The maximum absolute atomic E-state index is 12.6. The first-order valence-electron chi connectivity index (χ1n) is 10.4. The third-order valence-electron chi connectivity index (χ3n) is 5.65. The van der Waals surface area contributed by atoms with Crippen molar-refractivity contribution in [1.82, 2.24) is 18.7 Å². The highest BCUT2D eigenvalue weighted by Crippen LogP contribution is 2.28. The summed E-state index contributed by atoms with van der Waals surface area (Å²) in [5.74, 6) is 0. The van der Waals surface area contributed by atoms with Gasteiger partial charge in [-0.3, -0.25) is 13.9 Å². The molecule has 2 aromatic carbocycles. The summed E-state index contributed by atoms with van der Waals surface area (Å²) >= 11 is 0. The van der Waals surface area contributed by atoms with Crippen LogP contribution in [0.25, 0.3) is 11.2 Å². The van der Waals surface area contributed by atoms with Gasteiger partial charge in [-0.05, 0) is 23.6 Å². The second-order valence-electron chi connectivity index (χ2n) is 7.91. The van der Waals surface area contributed by atoms with E-state index in [4.69, 9.17) is 4.74 Å². The summed E-state index contributed by atoms with van der Waals surface area (Å²) in [4.78, 5) is 28.9. The molecule has 1 N–H and O–H groups in total. The fourth-order valence-electron chi connectivity index (χ4n) is 3.90. The van der Waals surface area contributed by atoms with Crippen molar-refractivity contribution in [2.24, 2.45) is 14.1 Å². The molecule has 32 heavy (non-hydrogen) atoms. The van der Waals surface area contributed by atoms with Crippen LogP contribution in [-0.4, -0.2) is 36.5 Å². The van der Waals surface area contributed by atoms with E-state index in [0.717, 1.165) is 21.3 Å². The maximum Gasteiger partial charge on any atom is 0.332 e. The van der Waals surface area contributed by atoms with Gasteiger partial charge >= 0.3 is 5.69 Å². The number of fused-ring (bicyclic) bond motifs is 1. The zero-order valence-electron chi connectivity index (χ0n) is 18.3. The van der Waals surface area contributed by atoms with E-state index in [1.807, 2.05) is 61.5 Å². The predicted molar refractivity (Wildman–Crippen MR) is 122 cm³/mol. The van der Waals surface area contributed by atoms with Crippen LogP contribution in [0.2, 0.25) is 0 Å². The minimum atomic E-state index is -0.885. The van der Waals surface area contributed by atoms with Crippen molar-refractivity contribution < 1.29 is 9.84 Å². The first-order chi connectivity index (χ1) is 15.4. The molecular weight excluding hydrogens is 408 g/mol. The van der Waals surface area contributed by atoms with Crippen LogP contribution in [0.3, 0.4) is 0 Å². The molecule has 2 heterocycles. The Bertz CT molecular complexity index is 1350. The summed E-state index contributed by atoms with van der Waals surface area (Å²) in [7, 11) is 2.99. The summed E-state index contributed by atoms with van der Waals surface area (Å²) in [6, 6.07) is 17.9. The average Bonchev–Trinajstić information content (AvgIpc) is 3.22. The minimum absolute atomic E-state index is 0.0552. The number of nitrogens with zero attached hydrogens (tertiary/aromatic N) is 4. The minimum Gasteiger partial charge on any atom is -0.389 e. The molecule has 0 aliphatic heterocycles. The molecule has 0 spiro atoms. The number of benzene rings is 2. The van der Waals surface area contributed by atoms with E-state index in [1.54, 1.807) is 11.6 Å². The fourth-order valence-corrected chi connectivity index (χ4v) is 3.90. The summed E-state index contributed by atoms with van der Waals surface area (Å²) < 4.78 is 10.1. The number of aromatic nitrogens is 4. The lowest BCUT2D eigenvalue weighted by molar-refractivity contribution is -0.000383. The Morgan fingerprint density at radius 1 is 1.00 bits per heavy atom. The van der Waals surface area contributed by atoms with E-state index < -0.39 is 17.4 Å². The monoisotopic (exact) mass is 434 g/mol. The van der Waals surface area contributed by atoms with Crippen LogP contribution in [-0.2, 0) is 25.4 Å². The fraction of sp³-hybridized carbons (Fsp3) is 0.292. The highest BCUT2D eigenvalue weighted by atomic mass is 16.5. The molecule has 0 aliphatic rings. The van der Waals surface area contributed by atoms with Crippen LogP contribution in [0.15, 0.2) is 70.5 Å². The molecule has 2 aromatic heterocycles. The van der Waals surface area contributed by atoms with Crippen molar-refractivity contribution in [3.8, 4) is 0 Å². The highest BCUT2D eigenvalue weighted by Gasteiger charge is 2.20. The lowest BCUT2D eigenvalue weighted by Gasteiger charge is -2.22. The predicted octanol–water partition coefficient (Wildman–Crippen LogP) is 1.91. The third kappa shape index (κ3) is 4.02. The number of hydrogen-bond donors (Lipinski definition) is 1. The van der Waals surface area contributed by atoms with Gasteiger partial charge in [0.2, 0.25) is 0 Å². The number of aliphatic hydroxyl groups excluding tert-OH is 1. The first-order valence-corrected chi connectivity index (χ1v) is 10.4. The Balaban J connectivity index is 1.58. The zero-order chi connectivity index (χ0) is 22.8. The van der Waals surface area contributed by atoms with Gasteiger partial charge in [0, 0.05) is 14.1 Å². The van der Waals surface area contributed by atoms with E-state index in [0.29, 0.717) is 0 Å². The van der Waals surface area contributed by atoms with Gasteiger partial charge in [-0.2, -0.15) is 0 Å². The van der Waals surface area contributed by atoms with E-state index in [1.165, 1.54) is 17.9 Å². The third-order valence-corrected chi connectivity index (χ3v) is 5.65. The van der Waals surface area contributed by atoms with Gasteiger partial charge in [-0.1, -0.05) is 54.6 Å². The van der Waals surface area contributed by atoms with Gasteiger partial charge in [0.25, 0.3) is 5.56 Å². The van der Waals surface area contributed by atoms with Crippen LogP contribution < -0.4 is 11.2 Å². The normalized spacial score (nSPS) is 13.4. The lowest BCUT2D eigenvalue weighted by atomic mass is 9.97. The first kappa shape index (κ1) is 21.7. The van der Waals surface area contributed by atoms with Gasteiger partial charge in [0.15, 0.2) is 11.2 Å². The quantitative estimate of drug-likeness (QED) is 0.480. The van der Waals surface area contributed by atoms with E-state index in [-0.39, 0.29) is 30.4 Å². The van der Waals surface area contributed by atoms with Gasteiger partial charge < -0.3 is 14.4 Å². The van der Waals surface area contributed by atoms with Crippen molar-refractivity contribution in [3.63, 3.8) is 0 Å². The van der Waals surface area contributed by atoms with Crippen molar-refractivity contribution in [2.75, 3.05) is 6.61 Å². The highest BCUT2D eigenvalue weighted by molar-refractivity contribution is 5.69. The van der Waals surface area contributed by atoms with Crippen molar-refractivity contribution in [1.29, 1.82) is 0 Å². The van der Waals surface area contributed by atoms with Crippen LogP contribution in [0.1, 0.15) is 22.8 Å². The van der Waals surface area contributed by atoms with E-state index >= 15 is 0 Å². The Kier molecular flexibility index (Phi) is 6.07. The zero-order valence-corrected chi connectivity index (χ0v) is 18.3. The Morgan fingerprint density at radius 3 is 2.41 bits per heavy atom. The van der Waals surface area contributed by atoms with Gasteiger partial charge in [-0.15, -0.1) is 0 Å². The molecule has 0 unspecified atom stereocenters. The van der Waals surface area contributed by atoms with Crippen molar-refractivity contribution in [2.45, 2.75) is 25.7 Å². The van der Waals surface area contributed by atoms with Crippen molar-refractivity contribution in [3.05, 3.63) is 98.5 Å². The number of rotatable bonds is 7. The maximum atomic E-state index is 12.6. The second kappa shape index (κ2) is 8.94. The molecule has 8 heteroatoms. The second-order valence-corrected chi connectivity index (χ2v) is 7.91. The Hall–Kier alpha value is -3.49. The number of hydrogen-bond acceptors (Lipinski definition) is 5. The van der Waals surface area contributed by atoms with Crippen LogP contribution in [0.5, 0.6) is 0 Å². The van der Waals surface area contributed by atoms with Gasteiger partial charge in [0.05, 0.1) is 25.6 Å². The molecule has 2 atom stereocenters. The molecule has 0 amide bonds. The topological polar surface area (TPSA) is 91.3 Å². The number of ether oxygens (including phenoxy) is 1. The van der Waals surface area contributed by atoms with E-state index in [9.17, 15) is 14.7 Å². The molecular formula is C24H26N4O4. The summed E-state index contributed by atoms with van der Waals surface area (Å²) in [6.45, 7) is 2.20. The molecule has 0 saturated carbocycles. The molecule has 0 bridgehead atoms. The SMILES string of the molecule is Cc1ccccc1[C@@H](OC[C@@H](O)Cn1cnc2c1c(=O)n(C)c(=O)n2C)c1ccccc1. The molecule has 4 rings (SSSR count). The summed E-state index contributed by atoms with van der Waals surface area (Å²) in [6.07, 6.45) is 0.245. The molecule has 0 radical (unpaired) electrons. The number of aryl methyl sites for hydroxylation is 2. The van der Waals surface area contributed by atoms with Gasteiger partial charge in [0.1, 0.15) is 6.10 Å². The molecule has 8 nitrogen and oxygen atoms in total. The van der Waals surface area contributed by atoms with Gasteiger partial charge in [-0.25, -0.2) is 9.78 Å². The molecule has 0 fully saturated rings. The molecule has 0 aliphatic carbocycles. The largest absolute Gasteiger partial charge is 0.389 e. The van der Waals surface area contributed by atoms with E-state index in [2.05, 4.69) is 4.98 Å². The van der Waals surface area contributed by atoms with Crippen LogP contribution in [0.4, 0.5) is 0 Å². The molecule has 166 valence electrons. The summed E-state index contributed by atoms with van der Waals surface area (Å²) in [5.41, 5.74) is 2.78. The number of imidazole rings is 1. The average molecular weight is 434 g/mol. The standard InChI is InChI=1S/C24H26N4O4/c1-16-9-7-8-12-19(16)21(17-10-5-4-6-11-17)32-14-18(29)13-28-15-25-22-20(28)23(30)27(3)24(31)26(22)2/h4-12,15,18,21,29H,13-14H2,1-3H3/t18-,21-/m0/s1. The Morgan fingerprint density at radius 2 is 1.69 bits per heavy atom. The smallest absolute Gasteiger partial charge is 0.332 e. The molecule has 0 saturated heterocycles. The molecule has 4 aromatic rings. The van der Waals surface area contributed by atoms with Crippen molar-refractivity contribution >= 4 is 11.2 Å².